The molecule has 0 aliphatic heterocycles. The number of nitrogens with zero attached hydrogens (tertiary/aromatic N) is 1. The molecule has 3 aromatic carbocycles. The molecule has 1 aliphatic rings. The molecule has 0 bridgehead atoms. The van der Waals surface area contributed by atoms with Gasteiger partial charge in [-0.3, -0.25) is 15.0 Å². The SMILES string of the molecule is CC/C=C(/C=C(/C(=O)Nc1cc(C(NCC2CC2)c2ccccc2)ccc1F)N(C)c1cccc(C(=N)NC(=O)CC)c1)C(F)(F)F. The third-order valence-corrected chi connectivity index (χ3v) is 7.76. The van der Waals surface area contributed by atoms with E-state index in [-0.39, 0.29) is 47.6 Å². The summed E-state index contributed by atoms with van der Waals surface area (Å²) in [6.07, 6.45) is -0.611. The van der Waals surface area contributed by atoms with Gasteiger partial charge in [0.05, 0.1) is 17.3 Å². The summed E-state index contributed by atoms with van der Waals surface area (Å²) in [5.74, 6) is -1.74. The standard InChI is InChI=1S/C36H39F4N5O2/c1-4-10-27(36(38,39)40)21-31(45(3)28-14-9-13-26(19-28)34(41)44-32(46)5-2)35(47)43-30-20-25(17-18-29(30)37)33(42-22-23-15-16-23)24-11-7-6-8-12-24/h6-14,17-21,23,33,42H,4-5,15-16,22H2,1-3H3,(H,43,47)(H2,41,44,46)/b27-10-,31-21-. The molecule has 1 aliphatic carbocycles. The Morgan fingerprint density at radius 1 is 1.00 bits per heavy atom. The molecule has 248 valence electrons. The highest BCUT2D eigenvalue weighted by molar-refractivity contribution is 6.08. The molecule has 0 radical (unpaired) electrons. The van der Waals surface area contributed by atoms with Gasteiger partial charge in [0.15, 0.2) is 0 Å². The lowest BCUT2D eigenvalue weighted by Gasteiger charge is -2.25. The summed E-state index contributed by atoms with van der Waals surface area (Å²) in [6.45, 7) is 3.94. The van der Waals surface area contributed by atoms with Crippen LogP contribution in [0.15, 0.2) is 96.2 Å². The van der Waals surface area contributed by atoms with Crippen molar-refractivity contribution in [1.82, 2.24) is 10.6 Å². The van der Waals surface area contributed by atoms with Gasteiger partial charge < -0.3 is 20.9 Å². The molecule has 7 nitrogen and oxygen atoms in total. The molecule has 3 aromatic rings. The molecule has 0 saturated heterocycles. The zero-order chi connectivity index (χ0) is 34.1. The van der Waals surface area contributed by atoms with E-state index in [1.807, 2.05) is 30.3 Å². The number of benzene rings is 3. The number of anilines is 2. The second-order valence-corrected chi connectivity index (χ2v) is 11.4. The largest absolute Gasteiger partial charge is 0.416 e. The van der Waals surface area contributed by atoms with Crippen LogP contribution >= 0.6 is 0 Å². The van der Waals surface area contributed by atoms with E-state index in [0.717, 1.165) is 37.1 Å². The monoisotopic (exact) mass is 649 g/mol. The maximum Gasteiger partial charge on any atom is 0.416 e. The van der Waals surface area contributed by atoms with Crippen LogP contribution < -0.4 is 20.9 Å². The summed E-state index contributed by atoms with van der Waals surface area (Å²) in [6, 6.07) is 19.7. The predicted molar refractivity (Wildman–Crippen MR) is 177 cm³/mol. The van der Waals surface area contributed by atoms with Crippen molar-refractivity contribution in [2.75, 3.05) is 23.8 Å². The molecule has 0 aromatic heterocycles. The van der Waals surface area contributed by atoms with Crippen LogP contribution in [0.1, 0.15) is 62.3 Å². The Kier molecular flexibility index (Phi) is 11.7. The van der Waals surface area contributed by atoms with Crippen molar-refractivity contribution in [1.29, 1.82) is 5.41 Å². The topological polar surface area (TPSA) is 97.3 Å². The van der Waals surface area contributed by atoms with Gasteiger partial charge in [0, 0.05) is 24.7 Å². The highest BCUT2D eigenvalue weighted by Gasteiger charge is 2.33. The zero-order valence-electron chi connectivity index (χ0n) is 26.5. The van der Waals surface area contributed by atoms with E-state index in [4.69, 9.17) is 5.41 Å². The minimum Gasteiger partial charge on any atom is -0.340 e. The van der Waals surface area contributed by atoms with E-state index in [1.165, 1.54) is 30.1 Å². The maximum atomic E-state index is 15.2. The van der Waals surface area contributed by atoms with Gasteiger partial charge in [-0.2, -0.15) is 13.2 Å². The van der Waals surface area contributed by atoms with Crippen molar-refractivity contribution in [3.8, 4) is 0 Å². The summed E-state index contributed by atoms with van der Waals surface area (Å²) in [4.78, 5) is 26.9. The smallest absolute Gasteiger partial charge is 0.340 e. The fourth-order valence-corrected chi connectivity index (χ4v) is 4.93. The number of amidine groups is 1. The molecule has 0 spiro atoms. The number of hydrogen-bond acceptors (Lipinski definition) is 5. The molecular formula is C36H39F4N5O2. The van der Waals surface area contributed by atoms with E-state index < -0.39 is 29.2 Å². The lowest BCUT2D eigenvalue weighted by molar-refractivity contribution is -0.119. The third-order valence-electron chi connectivity index (χ3n) is 7.76. The van der Waals surface area contributed by atoms with Gasteiger partial charge in [-0.25, -0.2) is 4.39 Å². The molecule has 1 unspecified atom stereocenters. The minimum absolute atomic E-state index is 0.0547. The van der Waals surface area contributed by atoms with Crippen LogP contribution in [-0.2, 0) is 9.59 Å². The van der Waals surface area contributed by atoms with E-state index >= 15 is 4.39 Å². The Hall–Kier alpha value is -4.77. The first-order valence-corrected chi connectivity index (χ1v) is 15.5. The Morgan fingerprint density at radius 3 is 2.36 bits per heavy atom. The van der Waals surface area contributed by atoms with E-state index in [9.17, 15) is 22.8 Å². The molecule has 47 heavy (non-hydrogen) atoms. The number of halogens is 4. The Balaban J connectivity index is 1.71. The van der Waals surface area contributed by atoms with Crippen molar-refractivity contribution in [2.24, 2.45) is 5.92 Å². The highest BCUT2D eigenvalue weighted by atomic mass is 19.4. The van der Waals surface area contributed by atoms with Gasteiger partial charge in [-0.15, -0.1) is 0 Å². The van der Waals surface area contributed by atoms with Crippen LogP contribution in [0.25, 0.3) is 0 Å². The lowest BCUT2D eigenvalue weighted by Crippen LogP contribution is -2.31. The molecular weight excluding hydrogens is 610 g/mol. The summed E-state index contributed by atoms with van der Waals surface area (Å²) >= 11 is 0. The lowest BCUT2D eigenvalue weighted by atomic mass is 9.97. The van der Waals surface area contributed by atoms with Gasteiger partial charge in [0.2, 0.25) is 5.91 Å². The number of hydrogen-bond donors (Lipinski definition) is 4. The van der Waals surface area contributed by atoms with Crippen LogP contribution in [0.4, 0.5) is 28.9 Å². The third kappa shape index (κ3) is 9.62. The maximum absolute atomic E-state index is 15.2. The van der Waals surface area contributed by atoms with E-state index in [0.29, 0.717) is 11.5 Å². The summed E-state index contributed by atoms with van der Waals surface area (Å²) < 4.78 is 57.4. The van der Waals surface area contributed by atoms with Crippen LogP contribution in [0.3, 0.4) is 0 Å². The van der Waals surface area contributed by atoms with Crippen molar-refractivity contribution < 1.29 is 27.2 Å². The zero-order valence-corrected chi connectivity index (χ0v) is 26.5. The van der Waals surface area contributed by atoms with Crippen LogP contribution in [0.2, 0.25) is 0 Å². The van der Waals surface area contributed by atoms with Crippen molar-refractivity contribution in [3.05, 3.63) is 119 Å². The molecule has 1 atom stereocenters. The molecule has 1 fully saturated rings. The van der Waals surface area contributed by atoms with Gasteiger partial charge in [0.25, 0.3) is 5.91 Å². The first kappa shape index (κ1) is 35.1. The fourth-order valence-electron chi connectivity index (χ4n) is 4.93. The Bertz CT molecular complexity index is 1650. The van der Waals surface area contributed by atoms with E-state index in [2.05, 4.69) is 16.0 Å². The normalized spacial score (nSPS) is 14.4. The summed E-state index contributed by atoms with van der Waals surface area (Å²) in [5.41, 5.74) is 0.512. The quantitative estimate of drug-likeness (QED) is 0.0504. The number of alkyl halides is 3. The first-order valence-electron chi connectivity index (χ1n) is 15.5. The first-order chi connectivity index (χ1) is 22.4. The van der Waals surface area contributed by atoms with Gasteiger partial charge in [0.1, 0.15) is 17.3 Å². The number of likely N-dealkylation sites (N-methyl/N-ethyl adjacent to an activating group) is 1. The highest BCUT2D eigenvalue weighted by Crippen LogP contribution is 2.33. The number of carbonyl (C=O) groups is 2. The fraction of sp³-hybridized carbons (Fsp3) is 0.306. The van der Waals surface area contributed by atoms with Crippen molar-refractivity contribution in [2.45, 2.75) is 51.7 Å². The summed E-state index contributed by atoms with van der Waals surface area (Å²) in [5, 5.41) is 16.7. The van der Waals surface area contributed by atoms with E-state index in [1.54, 1.807) is 38.1 Å². The van der Waals surface area contributed by atoms with Crippen LogP contribution in [0, 0.1) is 17.1 Å². The van der Waals surface area contributed by atoms with Gasteiger partial charge >= 0.3 is 6.18 Å². The summed E-state index contributed by atoms with van der Waals surface area (Å²) in [7, 11) is 1.40. The second kappa shape index (κ2) is 15.7. The molecule has 2 amide bonds. The number of nitrogens with one attached hydrogen (secondary N) is 4. The molecule has 0 heterocycles. The average molecular weight is 650 g/mol. The number of allylic oxidation sites excluding steroid dienone is 3. The molecule has 11 heteroatoms. The number of rotatable bonds is 13. The molecule has 1 saturated carbocycles. The van der Waals surface area contributed by atoms with Crippen molar-refractivity contribution in [3.63, 3.8) is 0 Å². The predicted octanol–water partition coefficient (Wildman–Crippen LogP) is 7.62. The Morgan fingerprint density at radius 2 is 1.72 bits per heavy atom. The van der Waals surface area contributed by atoms with Gasteiger partial charge in [-0.1, -0.05) is 68.5 Å². The number of carbonyl (C=O) groups excluding carboxylic acids is 2. The van der Waals surface area contributed by atoms with Crippen LogP contribution in [0.5, 0.6) is 0 Å². The Labute approximate surface area is 272 Å². The molecule has 4 rings (SSSR count). The average Bonchev–Trinajstić information content (AvgIpc) is 3.88. The van der Waals surface area contributed by atoms with Crippen molar-refractivity contribution >= 4 is 29.0 Å². The molecule has 4 N–H and O–H groups in total. The second-order valence-electron chi connectivity index (χ2n) is 11.4. The van der Waals surface area contributed by atoms with Gasteiger partial charge in [-0.05, 0) is 73.2 Å². The minimum atomic E-state index is -4.77. The van der Waals surface area contributed by atoms with Crippen LogP contribution in [-0.4, -0.2) is 37.4 Å². The number of amides is 2.